The highest BCUT2D eigenvalue weighted by molar-refractivity contribution is 5.14. The van der Waals surface area contributed by atoms with E-state index in [1.54, 1.807) is 0 Å². The molecule has 0 aromatic rings. The van der Waals surface area contributed by atoms with Crippen LogP contribution in [-0.2, 0) is 0 Å². The van der Waals surface area contributed by atoms with Crippen molar-refractivity contribution in [2.45, 2.75) is 46.6 Å². The maximum absolute atomic E-state index is 10.2. The Morgan fingerprint density at radius 1 is 1.46 bits per heavy atom. The molecule has 78 valence electrons. The van der Waals surface area contributed by atoms with Crippen LogP contribution in [-0.4, -0.2) is 17.8 Å². The largest absolute Gasteiger partial charge is 0.392 e. The maximum Gasteiger partial charge on any atom is 0.0639 e. The predicted molar refractivity (Wildman–Crippen MR) is 55.3 cm³/mol. The SMILES string of the molecule is CCC(C)C(O)C1(CN)CC1(C)C. The lowest BCUT2D eigenvalue weighted by atomic mass is 9.82. The summed E-state index contributed by atoms with van der Waals surface area (Å²) in [7, 11) is 0. The molecule has 0 aromatic carbocycles. The van der Waals surface area contributed by atoms with E-state index < -0.39 is 0 Å². The Labute approximate surface area is 81.5 Å². The summed E-state index contributed by atoms with van der Waals surface area (Å²) in [5.74, 6) is 0.366. The van der Waals surface area contributed by atoms with E-state index in [9.17, 15) is 5.11 Å². The summed E-state index contributed by atoms with van der Waals surface area (Å²) in [5, 5.41) is 10.2. The molecule has 1 aliphatic carbocycles. The summed E-state index contributed by atoms with van der Waals surface area (Å²) in [6.07, 6.45) is 1.87. The smallest absolute Gasteiger partial charge is 0.0639 e. The van der Waals surface area contributed by atoms with Gasteiger partial charge in [-0.15, -0.1) is 0 Å². The molecule has 0 spiro atoms. The monoisotopic (exact) mass is 185 g/mol. The van der Waals surface area contributed by atoms with Crippen LogP contribution < -0.4 is 5.73 Å². The van der Waals surface area contributed by atoms with Crippen LogP contribution in [0.1, 0.15) is 40.5 Å². The first kappa shape index (κ1) is 11.0. The molecule has 0 heterocycles. The van der Waals surface area contributed by atoms with Gasteiger partial charge in [0.2, 0.25) is 0 Å². The molecule has 1 saturated carbocycles. The third-order valence-electron chi connectivity index (χ3n) is 4.09. The molecule has 0 aliphatic heterocycles. The third kappa shape index (κ3) is 1.50. The zero-order valence-electron chi connectivity index (χ0n) is 9.30. The van der Waals surface area contributed by atoms with Crippen LogP contribution in [0.2, 0.25) is 0 Å². The van der Waals surface area contributed by atoms with Crippen molar-refractivity contribution in [2.24, 2.45) is 22.5 Å². The van der Waals surface area contributed by atoms with E-state index in [0.29, 0.717) is 12.5 Å². The Morgan fingerprint density at radius 2 is 1.92 bits per heavy atom. The Balaban J connectivity index is 2.70. The quantitative estimate of drug-likeness (QED) is 0.701. The van der Waals surface area contributed by atoms with Crippen LogP contribution >= 0.6 is 0 Å². The number of hydrogen-bond acceptors (Lipinski definition) is 2. The highest BCUT2D eigenvalue weighted by atomic mass is 16.3. The van der Waals surface area contributed by atoms with Gasteiger partial charge in [0.15, 0.2) is 0 Å². The molecule has 0 aromatic heterocycles. The highest BCUT2D eigenvalue weighted by Crippen LogP contribution is 2.65. The molecule has 1 rings (SSSR count). The summed E-state index contributed by atoms with van der Waals surface area (Å²) in [6, 6.07) is 0. The topological polar surface area (TPSA) is 46.2 Å². The summed E-state index contributed by atoms with van der Waals surface area (Å²) in [5.41, 5.74) is 6.02. The molecule has 0 bridgehead atoms. The molecule has 0 amide bonds. The van der Waals surface area contributed by atoms with Crippen molar-refractivity contribution >= 4 is 0 Å². The molecule has 1 aliphatic rings. The van der Waals surface area contributed by atoms with Gasteiger partial charge in [-0.3, -0.25) is 0 Å². The molecule has 3 atom stereocenters. The molecule has 2 nitrogen and oxygen atoms in total. The molecular weight excluding hydrogens is 162 g/mol. The van der Waals surface area contributed by atoms with Gasteiger partial charge in [-0.1, -0.05) is 34.1 Å². The first-order valence-corrected chi connectivity index (χ1v) is 5.29. The normalized spacial score (nSPS) is 35.5. The van der Waals surface area contributed by atoms with Gasteiger partial charge in [-0.25, -0.2) is 0 Å². The molecule has 3 N–H and O–H groups in total. The van der Waals surface area contributed by atoms with Crippen molar-refractivity contribution in [3.8, 4) is 0 Å². The molecule has 0 radical (unpaired) electrons. The number of rotatable bonds is 4. The number of nitrogens with two attached hydrogens (primary N) is 1. The van der Waals surface area contributed by atoms with Crippen LogP contribution in [0.5, 0.6) is 0 Å². The van der Waals surface area contributed by atoms with Gasteiger partial charge in [0, 0.05) is 12.0 Å². The summed E-state index contributed by atoms with van der Waals surface area (Å²) < 4.78 is 0. The molecule has 3 unspecified atom stereocenters. The van der Waals surface area contributed by atoms with E-state index in [1.807, 2.05) is 0 Å². The average Bonchev–Trinajstić information content (AvgIpc) is 2.67. The number of aliphatic hydroxyl groups excluding tert-OH is 1. The minimum atomic E-state index is -0.225. The molecule has 2 heteroatoms. The van der Waals surface area contributed by atoms with Crippen LogP contribution in [0.3, 0.4) is 0 Å². The van der Waals surface area contributed by atoms with Gasteiger partial charge < -0.3 is 10.8 Å². The van der Waals surface area contributed by atoms with E-state index in [2.05, 4.69) is 27.7 Å². The predicted octanol–water partition coefficient (Wildman–Crippen LogP) is 1.77. The molecule has 0 saturated heterocycles. The summed E-state index contributed by atoms with van der Waals surface area (Å²) in [6.45, 7) is 9.24. The lowest BCUT2D eigenvalue weighted by molar-refractivity contribution is 0.0282. The summed E-state index contributed by atoms with van der Waals surface area (Å²) >= 11 is 0. The van der Waals surface area contributed by atoms with Crippen molar-refractivity contribution in [1.29, 1.82) is 0 Å². The van der Waals surface area contributed by atoms with Gasteiger partial charge in [-0.05, 0) is 17.8 Å². The fourth-order valence-electron chi connectivity index (χ4n) is 2.49. The van der Waals surface area contributed by atoms with Crippen molar-refractivity contribution in [3.63, 3.8) is 0 Å². The van der Waals surface area contributed by atoms with Gasteiger partial charge in [-0.2, -0.15) is 0 Å². The van der Waals surface area contributed by atoms with Crippen LogP contribution in [0.25, 0.3) is 0 Å². The second-order valence-electron chi connectivity index (χ2n) is 5.25. The van der Waals surface area contributed by atoms with Crippen molar-refractivity contribution in [2.75, 3.05) is 6.54 Å². The highest BCUT2D eigenvalue weighted by Gasteiger charge is 2.64. The lowest BCUT2D eigenvalue weighted by Gasteiger charge is -2.29. The Morgan fingerprint density at radius 3 is 2.15 bits per heavy atom. The number of hydrogen-bond donors (Lipinski definition) is 2. The van der Waals surface area contributed by atoms with Gasteiger partial charge in [0.05, 0.1) is 6.10 Å². The molecular formula is C11H23NO. The fraction of sp³-hybridized carbons (Fsp3) is 1.00. The van der Waals surface area contributed by atoms with Crippen LogP contribution in [0.15, 0.2) is 0 Å². The lowest BCUT2D eigenvalue weighted by Crippen LogP contribution is -2.37. The summed E-state index contributed by atoms with van der Waals surface area (Å²) in [4.78, 5) is 0. The average molecular weight is 185 g/mol. The van der Waals surface area contributed by atoms with E-state index in [-0.39, 0.29) is 16.9 Å². The van der Waals surface area contributed by atoms with Gasteiger partial charge in [0.1, 0.15) is 0 Å². The maximum atomic E-state index is 10.2. The van der Waals surface area contributed by atoms with Gasteiger partial charge >= 0.3 is 0 Å². The second-order valence-corrected chi connectivity index (χ2v) is 5.25. The van der Waals surface area contributed by atoms with Crippen molar-refractivity contribution in [3.05, 3.63) is 0 Å². The fourth-order valence-corrected chi connectivity index (χ4v) is 2.49. The molecule has 13 heavy (non-hydrogen) atoms. The van der Waals surface area contributed by atoms with E-state index >= 15 is 0 Å². The van der Waals surface area contributed by atoms with Crippen molar-refractivity contribution in [1.82, 2.24) is 0 Å². The zero-order chi connectivity index (χ0) is 10.3. The standard InChI is InChI=1S/C11H23NO/c1-5-8(2)9(13)11(7-12)6-10(11,3)4/h8-9,13H,5-7,12H2,1-4H3. The Hall–Kier alpha value is -0.0800. The first-order chi connectivity index (χ1) is 5.91. The second kappa shape index (κ2) is 3.25. The van der Waals surface area contributed by atoms with Crippen LogP contribution in [0.4, 0.5) is 0 Å². The van der Waals surface area contributed by atoms with Crippen molar-refractivity contribution < 1.29 is 5.11 Å². The Bertz CT molecular complexity index is 191. The van der Waals surface area contributed by atoms with Crippen LogP contribution in [0, 0.1) is 16.7 Å². The van der Waals surface area contributed by atoms with E-state index in [1.165, 1.54) is 0 Å². The third-order valence-corrected chi connectivity index (χ3v) is 4.09. The van der Waals surface area contributed by atoms with E-state index in [4.69, 9.17) is 5.73 Å². The first-order valence-electron chi connectivity index (χ1n) is 5.29. The minimum Gasteiger partial charge on any atom is -0.392 e. The molecule has 1 fully saturated rings. The van der Waals surface area contributed by atoms with E-state index in [0.717, 1.165) is 12.8 Å². The minimum absolute atomic E-state index is 0.00241. The van der Waals surface area contributed by atoms with Gasteiger partial charge in [0.25, 0.3) is 0 Å². The zero-order valence-corrected chi connectivity index (χ0v) is 9.30. The number of aliphatic hydroxyl groups is 1. The Kier molecular flexibility index (Phi) is 2.75.